The lowest BCUT2D eigenvalue weighted by Gasteiger charge is -2.30. The summed E-state index contributed by atoms with van der Waals surface area (Å²) in [6, 6.07) is 15.8. The normalized spacial score (nSPS) is 16.0. The van der Waals surface area contributed by atoms with E-state index >= 15 is 0 Å². The number of carbonyl (C=O) groups is 2. The molecule has 2 amide bonds. The molecule has 6 heteroatoms. The molecule has 1 saturated heterocycles. The summed E-state index contributed by atoms with van der Waals surface area (Å²) in [5.41, 5.74) is 3.29. The molecule has 1 atom stereocenters. The molecule has 1 heterocycles. The van der Waals surface area contributed by atoms with Gasteiger partial charge in [-0.2, -0.15) is 0 Å². The van der Waals surface area contributed by atoms with E-state index in [2.05, 4.69) is 62.7 Å². The van der Waals surface area contributed by atoms with E-state index in [-0.39, 0.29) is 24.3 Å². The molecule has 166 valence electrons. The minimum absolute atomic E-state index is 0.0896. The lowest BCUT2D eigenvalue weighted by molar-refractivity contribution is -0.122. The standard InChI is InChI=1S/C25H32BrN3O2/c1-18-11-13-29(14-12-18)17-21-5-3-20(4-6-21)16-27-25(31)15-24(28-19(2)30)22-7-9-23(26)10-8-22/h3-10,18,24H,11-17H2,1-2H3,(H,27,31)(H,28,30). The van der Waals surface area contributed by atoms with Crippen molar-refractivity contribution in [2.75, 3.05) is 13.1 Å². The molecule has 2 N–H and O–H groups in total. The van der Waals surface area contributed by atoms with E-state index in [4.69, 9.17) is 0 Å². The van der Waals surface area contributed by atoms with Gasteiger partial charge in [0.05, 0.1) is 12.5 Å². The van der Waals surface area contributed by atoms with Crippen molar-refractivity contribution < 1.29 is 9.59 Å². The number of hydrogen-bond donors (Lipinski definition) is 2. The third-order valence-corrected chi connectivity index (χ3v) is 6.36. The van der Waals surface area contributed by atoms with Crippen LogP contribution in [0.3, 0.4) is 0 Å². The zero-order valence-electron chi connectivity index (χ0n) is 18.4. The van der Waals surface area contributed by atoms with Gasteiger partial charge in [-0.1, -0.05) is 59.3 Å². The number of likely N-dealkylation sites (tertiary alicyclic amines) is 1. The Balaban J connectivity index is 1.49. The number of nitrogens with one attached hydrogen (secondary N) is 2. The maximum Gasteiger partial charge on any atom is 0.222 e. The minimum atomic E-state index is -0.347. The molecule has 1 fully saturated rings. The molecule has 1 unspecified atom stereocenters. The van der Waals surface area contributed by atoms with Crippen molar-refractivity contribution in [3.8, 4) is 0 Å². The van der Waals surface area contributed by atoms with Crippen LogP contribution in [0.1, 0.15) is 55.8 Å². The van der Waals surface area contributed by atoms with Crippen molar-refractivity contribution in [3.63, 3.8) is 0 Å². The van der Waals surface area contributed by atoms with Gasteiger partial charge in [-0.3, -0.25) is 14.5 Å². The van der Waals surface area contributed by atoms with Crippen LogP contribution in [-0.2, 0) is 22.7 Å². The van der Waals surface area contributed by atoms with Gasteiger partial charge in [-0.15, -0.1) is 0 Å². The highest BCUT2D eigenvalue weighted by molar-refractivity contribution is 9.10. The van der Waals surface area contributed by atoms with E-state index < -0.39 is 0 Å². The van der Waals surface area contributed by atoms with Crippen molar-refractivity contribution in [2.24, 2.45) is 5.92 Å². The number of piperidine rings is 1. The zero-order valence-corrected chi connectivity index (χ0v) is 20.0. The molecule has 1 aliphatic heterocycles. The van der Waals surface area contributed by atoms with Gasteiger partial charge in [-0.05, 0) is 60.7 Å². The van der Waals surface area contributed by atoms with Crippen LogP contribution >= 0.6 is 15.9 Å². The largest absolute Gasteiger partial charge is 0.352 e. The molecule has 2 aromatic rings. The SMILES string of the molecule is CC(=O)NC(CC(=O)NCc1ccc(CN2CCC(C)CC2)cc1)c1ccc(Br)cc1. The Kier molecular flexibility index (Phi) is 8.67. The predicted octanol–water partition coefficient (Wildman–Crippen LogP) is 4.56. The molecule has 0 radical (unpaired) electrons. The summed E-state index contributed by atoms with van der Waals surface area (Å²) in [7, 11) is 0. The van der Waals surface area contributed by atoms with Crippen molar-refractivity contribution in [1.29, 1.82) is 0 Å². The van der Waals surface area contributed by atoms with Crippen molar-refractivity contribution in [3.05, 3.63) is 69.7 Å². The van der Waals surface area contributed by atoms with Gasteiger partial charge in [0, 0.05) is 24.5 Å². The van der Waals surface area contributed by atoms with E-state index in [0.29, 0.717) is 6.54 Å². The second kappa shape index (κ2) is 11.4. The number of benzene rings is 2. The molecule has 1 aliphatic rings. The summed E-state index contributed by atoms with van der Waals surface area (Å²) in [5.74, 6) is 0.601. The fourth-order valence-electron chi connectivity index (χ4n) is 3.89. The first-order chi connectivity index (χ1) is 14.9. The summed E-state index contributed by atoms with van der Waals surface area (Å²) < 4.78 is 0.959. The number of hydrogen-bond acceptors (Lipinski definition) is 3. The van der Waals surface area contributed by atoms with Crippen LogP contribution < -0.4 is 10.6 Å². The summed E-state index contributed by atoms with van der Waals surface area (Å²) in [6.45, 7) is 7.62. The van der Waals surface area contributed by atoms with Crippen LogP contribution in [0, 0.1) is 5.92 Å². The van der Waals surface area contributed by atoms with Crippen molar-refractivity contribution in [1.82, 2.24) is 15.5 Å². The van der Waals surface area contributed by atoms with Gasteiger partial charge in [0.15, 0.2) is 0 Å². The van der Waals surface area contributed by atoms with Crippen LogP contribution in [0.5, 0.6) is 0 Å². The summed E-state index contributed by atoms with van der Waals surface area (Å²) in [6.07, 6.45) is 2.76. The molecule has 0 spiro atoms. The third kappa shape index (κ3) is 7.78. The molecule has 0 saturated carbocycles. The first kappa shape index (κ1) is 23.5. The molecule has 2 aromatic carbocycles. The Bertz CT molecular complexity index is 859. The number of halogens is 1. The monoisotopic (exact) mass is 485 g/mol. The highest BCUT2D eigenvalue weighted by Crippen LogP contribution is 2.20. The summed E-state index contributed by atoms with van der Waals surface area (Å²) in [4.78, 5) is 26.6. The van der Waals surface area contributed by atoms with Crippen LogP contribution in [-0.4, -0.2) is 29.8 Å². The quantitative estimate of drug-likeness (QED) is 0.575. The van der Waals surface area contributed by atoms with E-state index in [1.54, 1.807) is 0 Å². The van der Waals surface area contributed by atoms with Crippen LogP contribution in [0.2, 0.25) is 0 Å². The van der Waals surface area contributed by atoms with Gasteiger partial charge in [0.1, 0.15) is 0 Å². The van der Waals surface area contributed by atoms with Gasteiger partial charge in [-0.25, -0.2) is 0 Å². The van der Waals surface area contributed by atoms with E-state index in [9.17, 15) is 9.59 Å². The van der Waals surface area contributed by atoms with Gasteiger partial charge < -0.3 is 10.6 Å². The maximum absolute atomic E-state index is 12.5. The minimum Gasteiger partial charge on any atom is -0.352 e. The van der Waals surface area contributed by atoms with E-state index in [1.807, 2.05) is 24.3 Å². The molecule has 0 bridgehead atoms. The number of rotatable bonds is 8. The predicted molar refractivity (Wildman–Crippen MR) is 127 cm³/mol. The topological polar surface area (TPSA) is 61.4 Å². The summed E-state index contributed by atoms with van der Waals surface area (Å²) in [5, 5.41) is 5.85. The highest BCUT2D eigenvalue weighted by Gasteiger charge is 2.18. The number of nitrogens with zero attached hydrogens (tertiary/aromatic N) is 1. The summed E-state index contributed by atoms with van der Waals surface area (Å²) >= 11 is 3.41. The zero-order chi connectivity index (χ0) is 22.2. The average Bonchev–Trinajstić information content (AvgIpc) is 2.75. The fourth-order valence-corrected chi connectivity index (χ4v) is 4.16. The molecule has 31 heavy (non-hydrogen) atoms. The first-order valence-electron chi connectivity index (χ1n) is 11.0. The number of amides is 2. The fraction of sp³-hybridized carbons (Fsp3) is 0.440. The maximum atomic E-state index is 12.5. The highest BCUT2D eigenvalue weighted by atomic mass is 79.9. The van der Waals surface area contributed by atoms with E-state index in [1.165, 1.54) is 38.4 Å². The van der Waals surface area contributed by atoms with E-state index in [0.717, 1.165) is 28.1 Å². The van der Waals surface area contributed by atoms with Gasteiger partial charge in [0.25, 0.3) is 0 Å². The second-order valence-corrected chi connectivity index (χ2v) is 9.48. The van der Waals surface area contributed by atoms with Crippen LogP contribution in [0.15, 0.2) is 53.0 Å². The Labute approximate surface area is 193 Å². The Hall–Kier alpha value is -2.18. The smallest absolute Gasteiger partial charge is 0.222 e. The second-order valence-electron chi connectivity index (χ2n) is 8.56. The lowest BCUT2D eigenvalue weighted by Crippen LogP contribution is -2.32. The van der Waals surface area contributed by atoms with Crippen molar-refractivity contribution in [2.45, 2.75) is 52.2 Å². The third-order valence-electron chi connectivity index (χ3n) is 5.83. The molecular formula is C25H32BrN3O2. The molecule has 3 rings (SSSR count). The first-order valence-corrected chi connectivity index (χ1v) is 11.8. The number of carbonyl (C=O) groups excluding carboxylic acids is 2. The van der Waals surface area contributed by atoms with Gasteiger partial charge >= 0.3 is 0 Å². The lowest BCUT2D eigenvalue weighted by atomic mass is 9.99. The Morgan fingerprint density at radius 3 is 2.26 bits per heavy atom. The molecule has 0 aromatic heterocycles. The van der Waals surface area contributed by atoms with Crippen LogP contribution in [0.4, 0.5) is 0 Å². The molecular weight excluding hydrogens is 454 g/mol. The Morgan fingerprint density at radius 1 is 1.03 bits per heavy atom. The molecule has 5 nitrogen and oxygen atoms in total. The molecule has 0 aliphatic carbocycles. The van der Waals surface area contributed by atoms with Crippen LogP contribution in [0.25, 0.3) is 0 Å². The Morgan fingerprint density at radius 2 is 1.65 bits per heavy atom. The average molecular weight is 486 g/mol. The van der Waals surface area contributed by atoms with Gasteiger partial charge in [0.2, 0.25) is 11.8 Å². The van der Waals surface area contributed by atoms with Crippen molar-refractivity contribution >= 4 is 27.7 Å².